The Morgan fingerprint density at radius 2 is 1.21 bits per heavy atom. The SMILES string of the molecule is O=C(OO)c1ccc(C(=O)c2ccc3ccc4cccc5ccc2c3c45)cc1. The van der Waals surface area contributed by atoms with Gasteiger partial charge in [-0.25, -0.2) is 4.79 Å². The molecule has 0 bridgehead atoms. The van der Waals surface area contributed by atoms with Gasteiger partial charge in [-0.1, -0.05) is 60.7 Å². The Hall–Kier alpha value is -3.76. The minimum atomic E-state index is -0.860. The van der Waals surface area contributed by atoms with Gasteiger partial charge in [0.1, 0.15) is 0 Å². The van der Waals surface area contributed by atoms with Gasteiger partial charge in [-0.2, -0.15) is 5.26 Å². The van der Waals surface area contributed by atoms with Crippen molar-refractivity contribution in [2.24, 2.45) is 0 Å². The van der Waals surface area contributed by atoms with Crippen LogP contribution in [0.1, 0.15) is 26.3 Å². The Morgan fingerprint density at radius 1 is 0.643 bits per heavy atom. The van der Waals surface area contributed by atoms with E-state index in [-0.39, 0.29) is 11.3 Å². The fourth-order valence-corrected chi connectivity index (χ4v) is 3.90. The molecule has 4 nitrogen and oxygen atoms in total. The summed E-state index contributed by atoms with van der Waals surface area (Å²) in [4.78, 5) is 28.3. The quantitative estimate of drug-likeness (QED) is 0.200. The number of rotatable bonds is 3. The minimum Gasteiger partial charge on any atom is -0.296 e. The van der Waals surface area contributed by atoms with Crippen molar-refractivity contribution in [2.75, 3.05) is 0 Å². The summed E-state index contributed by atoms with van der Waals surface area (Å²) in [5.41, 5.74) is 1.25. The molecule has 0 heterocycles. The molecule has 0 unspecified atom stereocenters. The van der Waals surface area contributed by atoms with Crippen molar-refractivity contribution in [3.63, 3.8) is 0 Å². The first-order valence-corrected chi connectivity index (χ1v) is 8.84. The highest BCUT2D eigenvalue weighted by atomic mass is 17.1. The molecule has 5 aromatic rings. The van der Waals surface area contributed by atoms with Crippen molar-refractivity contribution >= 4 is 44.1 Å². The highest BCUT2D eigenvalue weighted by Crippen LogP contribution is 2.36. The van der Waals surface area contributed by atoms with Crippen LogP contribution >= 0.6 is 0 Å². The first-order valence-electron chi connectivity index (χ1n) is 8.84. The maximum Gasteiger partial charge on any atom is 0.372 e. The van der Waals surface area contributed by atoms with Crippen LogP contribution < -0.4 is 0 Å². The molecule has 5 rings (SSSR count). The van der Waals surface area contributed by atoms with Crippen molar-refractivity contribution in [3.05, 3.63) is 95.6 Å². The van der Waals surface area contributed by atoms with Crippen LogP contribution in [0.15, 0.2) is 78.9 Å². The Kier molecular flexibility index (Phi) is 3.60. The van der Waals surface area contributed by atoms with Gasteiger partial charge in [-0.3, -0.25) is 9.68 Å². The third-order valence-corrected chi connectivity index (χ3v) is 5.24. The molecule has 0 saturated heterocycles. The summed E-state index contributed by atoms with van der Waals surface area (Å²) in [5.74, 6) is -0.983. The predicted molar refractivity (Wildman–Crippen MR) is 108 cm³/mol. The molecule has 1 N–H and O–H groups in total. The average Bonchev–Trinajstić information content (AvgIpc) is 2.76. The van der Waals surface area contributed by atoms with E-state index < -0.39 is 5.97 Å². The molecule has 28 heavy (non-hydrogen) atoms. The van der Waals surface area contributed by atoms with E-state index in [2.05, 4.69) is 29.2 Å². The van der Waals surface area contributed by atoms with Crippen LogP contribution in [-0.2, 0) is 4.89 Å². The van der Waals surface area contributed by atoms with Crippen LogP contribution in [0.3, 0.4) is 0 Å². The molecule has 0 atom stereocenters. The first-order chi connectivity index (χ1) is 13.7. The normalized spacial score (nSPS) is 11.3. The first kappa shape index (κ1) is 16.4. The van der Waals surface area contributed by atoms with E-state index in [1.165, 1.54) is 12.1 Å². The van der Waals surface area contributed by atoms with Gasteiger partial charge in [-0.05, 0) is 50.5 Å². The standard InChI is InChI=1S/C24H14O4/c25-23(17-6-8-18(9-7-17)24(26)28-27)20-13-11-16-5-4-14-2-1-3-15-10-12-19(20)22(16)21(14)15/h1-13,27H. The molecule has 0 aliphatic carbocycles. The topological polar surface area (TPSA) is 63.6 Å². The zero-order valence-electron chi connectivity index (χ0n) is 14.7. The summed E-state index contributed by atoms with van der Waals surface area (Å²) >= 11 is 0. The van der Waals surface area contributed by atoms with E-state index in [9.17, 15) is 9.59 Å². The van der Waals surface area contributed by atoms with Gasteiger partial charge in [0.2, 0.25) is 0 Å². The number of hydrogen-bond donors (Lipinski definition) is 1. The van der Waals surface area contributed by atoms with Crippen molar-refractivity contribution in [2.45, 2.75) is 0 Å². The molecule has 4 heteroatoms. The van der Waals surface area contributed by atoms with E-state index in [1.807, 2.05) is 30.3 Å². The fourth-order valence-electron chi connectivity index (χ4n) is 3.90. The molecule has 5 aromatic carbocycles. The summed E-state index contributed by atoms with van der Waals surface area (Å²) in [7, 11) is 0. The highest BCUT2D eigenvalue weighted by molar-refractivity contribution is 6.28. The van der Waals surface area contributed by atoms with Crippen molar-refractivity contribution in [1.29, 1.82) is 0 Å². The van der Waals surface area contributed by atoms with Gasteiger partial charge < -0.3 is 0 Å². The lowest BCUT2D eigenvalue weighted by Crippen LogP contribution is -2.05. The molecule has 0 fully saturated rings. The van der Waals surface area contributed by atoms with Crippen LogP contribution in [0.2, 0.25) is 0 Å². The Balaban J connectivity index is 1.70. The van der Waals surface area contributed by atoms with Gasteiger partial charge in [-0.15, -0.1) is 0 Å². The third-order valence-electron chi connectivity index (χ3n) is 5.24. The molecule has 0 aliphatic heterocycles. The second kappa shape index (κ2) is 6.15. The second-order valence-corrected chi connectivity index (χ2v) is 6.75. The van der Waals surface area contributed by atoms with E-state index >= 15 is 0 Å². The van der Waals surface area contributed by atoms with Crippen molar-refractivity contribution in [1.82, 2.24) is 0 Å². The smallest absolute Gasteiger partial charge is 0.296 e. The molecule has 0 radical (unpaired) electrons. The van der Waals surface area contributed by atoms with E-state index in [0.29, 0.717) is 11.1 Å². The lowest BCUT2D eigenvalue weighted by Gasteiger charge is -2.13. The van der Waals surface area contributed by atoms with Gasteiger partial charge in [0.05, 0.1) is 5.56 Å². The number of ketones is 1. The summed E-state index contributed by atoms with van der Waals surface area (Å²) < 4.78 is 0. The number of benzene rings is 5. The zero-order valence-corrected chi connectivity index (χ0v) is 14.7. The Bertz CT molecular complexity index is 1350. The monoisotopic (exact) mass is 366 g/mol. The highest BCUT2D eigenvalue weighted by Gasteiger charge is 2.17. The van der Waals surface area contributed by atoms with Crippen LogP contribution in [0.4, 0.5) is 0 Å². The number of carbonyl (C=O) groups is 2. The van der Waals surface area contributed by atoms with Crippen LogP contribution in [0.5, 0.6) is 0 Å². The fraction of sp³-hybridized carbons (Fsp3) is 0. The van der Waals surface area contributed by atoms with Crippen LogP contribution in [0.25, 0.3) is 32.3 Å². The molecular formula is C24H14O4. The summed E-state index contributed by atoms with van der Waals surface area (Å²) in [6.07, 6.45) is 0. The molecule has 0 aliphatic rings. The molecule has 0 spiro atoms. The molecule has 0 saturated carbocycles. The minimum absolute atomic E-state index is 0.123. The maximum atomic E-state index is 13.2. The average molecular weight is 366 g/mol. The number of hydrogen-bond acceptors (Lipinski definition) is 4. The second-order valence-electron chi connectivity index (χ2n) is 6.75. The predicted octanol–water partition coefficient (Wildman–Crippen LogP) is 5.44. The lowest BCUT2D eigenvalue weighted by molar-refractivity contribution is -0.182. The van der Waals surface area contributed by atoms with Crippen LogP contribution in [0, 0.1) is 0 Å². The van der Waals surface area contributed by atoms with E-state index in [1.54, 1.807) is 12.1 Å². The van der Waals surface area contributed by atoms with Gasteiger partial charge >= 0.3 is 5.97 Å². The molecule has 0 amide bonds. The van der Waals surface area contributed by atoms with E-state index in [0.717, 1.165) is 32.3 Å². The van der Waals surface area contributed by atoms with Gasteiger partial charge in [0.15, 0.2) is 5.78 Å². The zero-order chi connectivity index (χ0) is 19.3. The Morgan fingerprint density at radius 3 is 1.89 bits per heavy atom. The summed E-state index contributed by atoms with van der Waals surface area (Å²) in [6, 6.07) is 24.3. The van der Waals surface area contributed by atoms with Gasteiger partial charge in [0, 0.05) is 11.1 Å². The largest absolute Gasteiger partial charge is 0.372 e. The molecule has 0 aromatic heterocycles. The summed E-state index contributed by atoms with van der Waals surface area (Å²) in [5, 5.41) is 15.0. The van der Waals surface area contributed by atoms with Gasteiger partial charge in [0.25, 0.3) is 0 Å². The Labute approximate surface area is 159 Å². The molecular weight excluding hydrogens is 352 g/mol. The van der Waals surface area contributed by atoms with E-state index in [4.69, 9.17) is 5.26 Å². The summed E-state index contributed by atoms with van der Waals surface area (Å²) in [6.45, 7) is 0. The van der Waals surface area contributed by atoms with Crippen LogP contribution in [-0.4, -0.2) is 17.0 Å². The lowest BCUT2D eigenvalue weighted by atomic mass is 9.89. The third kappa shape index (κ3) is 2.36. The number of carbonyl (C=O) groups excluding carboxylic acids is 2. The van der Waals surface area contributed by atoms with Crippen molar-refractivity contribution in [3.8, 4) is 0 Å². The molecule has 134 valence electrons. The van der Waals surface area contributed by atoms with Crippen molar-refractivity contribution < 1.29 is 19.7 Å². The maximum absolute atomic E-state index is 13.2.